The number of aromatic nitrogens is 3. The largest absolute Gasteiger partial charge is 0.344 e. The number of hydrogen-bond acceptors (Lipinski definition) is 3. The molecule has 0 aliphatic carbocycles. The molecule has 14 heavy (non-hydrogen) atoms. The highest BCUT2D eigenvalue weighted by Crippen LogP contribution is 2.15. The Morgan fingerprint density at radius 2 is 1.79 bits per heavy atom. The van der Waals surface area contributed by atoms with Crippen LogP contribution in [0.15, 0.2) is 9.59 Å². The topological polar surface area (TPSA) is 82.7 Å². The second-order valence-electron chi connectivity index (χ2n) is 3.57. The smallest absolute Gasteiger partial charge is 0.317 e. The first-order chi connectivity index (χ1) is 6.79. The minimum Gasteiger partial charge on any atom is -0.317 e. The maximum atomic E-state index is 11.3. The zero-order chi connectivity index (χ0) is 9.97. The van der Waals surface area contributed by atoms with Crippen LogP contribution in [0.1, 0.15) is 25.3 Å². The third-order valence-corrected chi connectivity index (χ3v) is 2.62. The quantitative estimate of drug-likeness (QED) is 0.551. The number of hydrogen-bond donors (Lipinski definition) is 3. The van der Waals surface area contributed by atoms with E-state index in [-0.39, 0.29) is 17.4 Å². The summed E-state index contributed by atoms with van der Waals surface area (Å²) in [6.45, 7) is 1.83. The molecule has 3 N–H and O–H groups in total. The molecule has 78 valence electrons. The molecule has 1 unspecified atom stereocenters. The van der Waals surface area contributed by atoms with Crippen molar-refractivity contribution in [2.45, 2.75) is 25.3 Å². The van der Waals surface area contributed by atoms with Crippen LogP contribution < -0.4 is 16.7 Å². The molecule has 6 nitrogen and oxygen atoms in total. The lowest BCUT2D eigenvalue weighted by atomic mass is 10.1. The standard InChI is InChI=1S/C8H14N4O2/c13-7-10-11-8(14)12(7)6-2-1-4-9-5-3-6/h6,9H,1-5H2,(H,10,13)(H,11,14). The molecule has 1 aromatic rings. The Hall–Kier alpha value is -1.30. The van der Waals surface area contributed by atoms with Crippen LogP contribution in [0.4, 0.5) is 0 Å². The molecular formula is C8H14N4O2. The van der Waals surface area contributed by atoms with Crippen LogP contribution in [0, 0.1) is 0 Å². The van der Waals surface area contributed by atoms with Crippen LogP contribution in [-0.4, -0.2) is 27.9 Å². The summed E-state index contributed by atoms with van der Waals surface area (Å²) in [6, 6.07) is 0.0347. The SMILES string of the molecule is O=c1[nH][nH]c(=O)n1C1CCCNCC1. The molecule has 0 saturated carbocycles. The maximum absolute atomic E-state index is 11.3. The van der Waals surface area contributed by atoms with E-state index in [0.717, 1.165) is 32.4 Å². The van der Waals surface area contributed by atoms with Crippen LogP contribution in [-0.2, 0) is 0 Å². The molecule has 0 bridgehead atoms. The zero-order valence-corrected chi connectivity index (χ0v) is 7.88. The molecule has 0 radical (unpaired) electrons. The lowest BCUT2D eigenvalue weighted by Crippen LogP contribution is -2.31. The summed E-state index contributed by atoms with van der Waals surface area (Å²) < 4.78 is 1.28. The molecular weight excluding hydrogens is 184 g/mol. The van der Waals surface area contributed by atoms with Gasteiger partial charge in [0.15, 0.2) is 0 Å². The van der Waals surface area contributed by atoms with E-state index < -0.39 is 0 Å². The monoisotopic (exact) mass is 198 g/mol. The summed E-state index contributed by atoms with van der Waals surface area (Å²) in [5, 5.41) is 7.85. The predicted octanol–water partition coefficient (Wildman–Crippen LogP) is -0.821. The number of aromatic amines is 2. The predicted molar refractivity (Wildman–Crippen MR) is 51.4 cm³/mol. The lowest BCUT2D eigenvalue weighted by Gasteiger charge is -2.11. The van der Waals surface area contributed by atoms with Gasteiger partial charge in [-0.3, -0.25) is 0 Å². The highest BCUT2D eigenvalue weighted by Gasteiger charge is 2.17. The highest BCUT2D eigenvalue weighted by atomic mass is 16.2. The van der Waals surface area contributed by atoms with Crippen molar-refractivity contribution in [3.05, 3.63) is 21.0 Å². The first-order valence-electron chi connectivity index (χ1n) is 4.89. The molecule has 1 fully saturated rings. The Morgan fingerprint density at radius 1 is 1.07 bits per heavy atom. The lowest BCUT2D eigenvalue weighted by molar-refractivity contribution is 0.432. The van der Waals surface area contributed by atoms with Gasteiger partial charge in [-0.1, -0.05) is 0 Å². The van der Waals surface area contributed by atoms with Crippen molar-refractivity contribution < 1.29 is 0 Å². The van der Waals surface area contributed by atoms with Gasteiger partial charge in [-0.2, -0.15) is 0 Å². The van der Waals surface area contributed by atoms with Crippen molar-refractivity contribution >= 4 is 0 Å². The molecule has 0 aromatic carbocycles. The second kappa shape index (κ2) is 3.83. The maximum Gasteiger partial charge on any atom is 0.344 e. The zero-order valence-electron chi connectivity index (χ0n) is 7.88. The Morgan fingerprint density at radius 3 is 2.50 bits per heavy atom. The Kier molecular flexibility index (Phi) is 2.53. The number of nitrogens with zero attached hydrogens (tertiary/aromatic N) is 1. The van der Waals surface area contributed by atoms with E-state index in [9.17, 15) is 9.59 Å². The Bertz CT molecular complexity index is 366. The van der Waals surface area contributed by atoms with Crippen molar-refractivity contribution in [3.8, 4) is 0 Å². The van der Waals surface area contributed by atoms with Crippen molar-refractivity contribution in [2.75, 3.05) is 13.1 Å². The molecule has 6 heteroatoms. The first-order valence-corrected chi connectivity index (χ1v) is 4.89. The molecule has 2 heterocycles. The third-order valence-electron chi connectivity index (χ3n) is 2.62. The molecule has 1 saturated heterocycles. The van der Waals surface area contributed by atoms with Crippen molar-refractivity contribution in [2.24, 2.45) is 0 Å². The summed E-state index contributed by atoms with van der Waals surface area (Å²) in [6.07, 6.45) is 2.72. The van der Waals surface area contributed by atoms with E-state index in [1.165, 1.54) is 4.57 Å². The third kappa shape index (κ3) is 1.65. The second-order valence-corrected chi connectivity index (χ2v) is 3.57. The minimum absolute atomic E-state index is 0.0347. The van der Waals surface area contributed by atoms with Gasteiger partial charge in [0.2, 0.25) is 0 Å². The van der Waals surface area contributed by atoms with Gasteiger partial charge in [0, 0.05) is 6.04 Å². The molecule has 0 spiro atoms. The fraction of sp³-hybridized carbons (Fsp3) is 0.750. The normalized spacial score (nSPS) is 23.3. The van der Waals surface area contributed by atoms with Gasteiger partial charge in [-0.25, -0.2) is 24.4 Å². The van der Waals surface area contributed by atoms with Crippen molar-refractivity contribution in [1.82, 2.24) is 20.1 Å². The van der Waals surface area contributed by atoms with Crippen LogP contribution in [0.2, 0.25) is 0 Å². The van der Waals surface area contributed by atoms with Crippen molar-refractivity contribution in [1.29, 1.82) is 0 Å². The molecule has 1 aromatic heterocycles. The van der Waals surface area contributed by atoms with E-state index in [0.29, 0.717) is 0 Å². The number of H-pyrrole nitrogens is 2. The molecule has 1 aliphatic heterocycles. The van der Waals surface area contributed by atoms with E-state index >= 15 is 0 Å². The summed E-state index contributed by atoms with van der Waals surface area (Å²) in [5.41, 5.74) is -0.663. The van der Waals surface area contributed by atoms with E-state index in [4.69, 9.17) is 0 Å². The fourth-order valence-corrected chi connectivity index (χ4v) is 1.91. The number of rotatable bonds is 1. The van der Waals surface area contributed by atoms with E-state index in [1.54, 1.807) is 0 Å². The summed E-state index contributed by atoms with van der Waals surface area (Å²) >= 11 is 0. The van der Waals surface area contributed by atoms with Crippen LogP contribution >= 0.6 is 0 Å². The van der Waals surface area contributed by atoms with Crippen LogP contribution in [0.25, 0.3) is 0 Å². The van der Waals surface area contributed by atoms with Crippen LogP contribution in [0.5, 0.6) is 0 Å². The summed E-state index contributed by atoms with van der Waals surface area (Å²) in [4.78, 5) is 22.6. The minimum atomic E-state index is -0.332. The Labute approximate surface area is 80.3 Å². The molecule has 2 rings (SSSR count). The van der Waals surface area contributed by atoms with Gasteiger partial charge >= 0.3 is 11.4 Å². The Balaban J connectivity index is 2.29. The van der Waals surface area contributed by atoms with E-state index in [1.807, 2.05) is 0 Å². The van der Waals surface area contributed by atoms with Gasteiger partial charge in [-0.15, -0.1) is 0 Å². The molecule has 1 aliphatic rings. The van der Waals surface area contributed by atoms with E-state index in [2.05, 4.69) is 15.5 Å². The highest BCUT2D eigenvalue weighted by molar-refractivity contribution is 4.77. The van der Waals surface area contributed by atoms with Gasteiger partial charge in [-0.05, 0) is 32.4 Å². The fourth-order valence-electron chi connectivity index (χ4n) is 1.91. The van der Waals surface area contributed by atoms with Gasteiger partial charge in [0.1, 0.15) is 0 Å². The first kappa shape index (κ1) is 9.26. The number of nitrogens with one attached hydrogen (secondary N) is 3. The van der Waals surface area contributed by atoms with Gasteiger partial charge < -0.3 is 5.32 Å². The van der Waals surface area contributed by atoms with Crippen molar-refractivity contribution in [3.63, 3.8) is 0 Å². The van der Waals surface area contributed by atoms with Crippen LogP contribution in [0.3, 0.4) is 0 Å². The average Bonchev–Trinajstić information content (AvgIpc) is 2.45. The molecule has 1 atom stereocenters. The average molecular weight is 198 g/mol. The summed E-state index contributed by atoms with van der Waals surface area (Å²) in [7, 11) is 0. The van der Waals surface area contributed by atoms with Gasteiger partial charge in [0.25, 0.3) is 0 Å². The van der Waals surface area contributed by atoms with Gasteiger partial charge in [0.05, 0.1) is 0 Å². The molecule has 0 amide bonds. The summed E-state index contributed by atoms with van der Waals surface area (Å²) in [5.74, 6) is 0.